The van der Waals surface area contributed by atoms with Gasteiger partial charge in [0.1, 0.15) is 0 Å². The molecule has 0 radical (unpaired) electrons. The molecule has 0 fully saturated rings. The molecule has 2 amide bonds. The standard InChI is InChI=1S/C25H25N3O4S/c29-24(26-12-17-5-6-22-23(11-17)32-16-31-22)25(30)27-13-21(20-8-10-33-15-20)28-9-7-18-3-1-2-4-19(18)14-28/h1-6,8,10-11,15,21H,7,9,12-14,16H2,(H,26,29)(H,27,30)/t21-/m0/s1. The molecule has 0 saturated heterocycles. The van der Waals surface area contributed by atoms with Crippen LogP contribution >= 0.6 is 11.3 Å². The van der Waals surface area contributed by atoms with Gasteiger partial charge in [0, 0.05) is 26.2 Å². The zero-order chi connectivity index (χ0) is 22.6. The summed E-state index contributed by atoms with van der Waals surface area (Å²) >= 11 is 1.63. The fourth-order valence-corrected chi connectivity index (χ4v) is 5.00. The maximum Gasteiger partial charge on any atom is 0.309 e. The predicted octanol–water partition coefficient (Wildman–Crippen LogP) is 3.01. The van der Waals surface area contributed by atoms with E-state index in [1.54, 1.807) is 23.5 Å². The molecule has 0 saturated carbocycles. The third-order valence-electron chi connectivity index (χ3n) is 6.08. The first-order valence-corrected chi connectivity index (χ1v) is 11.9. The van der Waals surface area contributed by atoms with Gasteiger partial charge >= 0.3 is 11.8 Å². The van der Waals surface area contributed by atoms with E-state index in [-0.39, 0.29) is 19.4 Å². The zero-order valence-electron chi connectivity index (χ0n) is 18.1. The average molecular weight is 464 g/mol. The smallest absolute Gasteiger partial charge is 0.309 e. The van der Waals surface area contributed by atoms with Crippen molar-refractivity contribution in [2.75, 3.05) is 19.9 Å². The normalized spacial score (nSPS) is 15.5. The van der Waals surface area contributed by atoms with Crippen molar-refractivity contribution in [2.24, 2.45) is 0 Å². The van der Waals surface area contributed by atoms with Gasteiger partial charge in [-0.15, -0.1) is 0 Å². The molecule has 170 valence electrons. The summed E-state index contributed by atoms with van der Waals surface area (Å²) < 4.78 is 10.6. The summed E-state index contributed by atoms with van der Waals surface area (Å²) in [6.07, 6.45) is 0.973. The summed E-state index contributed by atoms with van der Waals surface area (Å²) in [6, 6.07) is 16.0. The van der Waals surface area contributed by atoms with E-state index in [0.29, 0.717) is 18.0 Å². The number of fused-ring (bicyclic) bond motifs is 2. The fourth-order valence-electron chi connectivity index (χ4n) is 4.29. The Balaban J connectivity index is 1.18. The lowest BCUT2D eigenvalue weighted by atomic mass is 9.97. The average Bonchev–Trinajstić information content (AvgIpc) is 3.54. The van der Waals surface area contributed by atoms with Crippen molar-refractivity contribution in [1.29, 1.82) is 0 Å². The molecule has 2 aliphatic rings. The number of thiophene rings is 1. The van der Waals surface area contributed by atoms with Crippen LogP contribution in [0.4, 0.5) is 0 Å². The summed E-state index contributed by atoms with van der Waals surface area (Å²) in [7, 11) is 0. The predicted molar refractivity (Wildman–Crippen MR) is 125 cm³/mol. The highest BCUT2D eigenvalue weighted by atomic mass is 32.1. The van der Waals surface area contributed by atoms with Crippen molar-refractivity contribution in [3.05, 3.63) is 81.5 Å². The molecule has 0 bridgehead atoms. The highest BCUT2D eigenvalue weighted by molar-refractivity contribution is 7.08. The minimum atomic E-state index is -0.652. The molecule has 0 aliphatic carbocycles. The lowest BCUT2D eigenvalue weighted by Crippen LogP contribution is -2.45. The van der Waals surface area contributed by atoms with Gasteiger partial charge in [-0.25, -0.2) is 0 Å². The molecule has 1 aromatic heterocycles. The highest BCUT2D eigenvalue weighted by Gasteiger charge is 2.26. The van der Waals surface area contributed by atoms with Crippen LogP contribution in [0, 0.1) is 0 Å². The molecule has 2 aromatic carbocycles. The van der Waals surface area contributed by atoms with E-state index in [4.69, 9.17) is 9.47 Å². The van der Waals surface area contributed by atoms with Crippen LogP contribution in [0.25, 0.3) is 0 Å². The quantitative estimate of drug-likeness (QED) is 0.550. The van der Waals surface area contributed by atoms with E-state index < -0.39 is 11.8 Å². The Morgan fingerprint density at radius 3 is 2.67 bits per heavy atom. The van der Waals surface area contributed by atoms with Gasteiger partial charge in [0.05, 0.1) is 6.04 Å². The van der Waals surface area contributed by atoms with Gasteiger partial charge in [-0.1, -0.05) is 30.3 Å². The topological polar surface area (TPSA) is 79.9 Å². The van der Waals surface area contributed by atoms with Crippen LogP contribution in [0.15, 0.2) is 59.3 Å². The molecule has 3 heterocycles. The van der Waals surface area contributed by atoms with E-state index in [1.165, 1.54) is 11.1 Å². The van der Waals surface area contributed by atoms with Gasteiger partial charge in [0.15, 0.2) is 11.5 Å². The van der Waals surface area contributed by atoms with Crippen LogP contribution in [0.3, 0.4) is 0 Å². The first-order valence-electron chi connectivity index (χ1n) is 10.9. The Hall–Kier alpha value is -3.36. The number of carbonyl (C=O) groups is 2. The molecule has 0 spiro atoms. The second-order valence-electron chi connectivity index (χ2n) is 8.14. The first kappa shape index (κ1) is 21.5. The van der Waals surface area contributed by atoms with Gasteiger partial charge in [-0.2, -0.15) is 11.3 Å². The molecule has 1 atom stereocenters. The summed E-state index contributed by atoms with van der Waals surface area (Å²) in [6.45, 7) is 2.53. The molecule has 2 N–H and O–H groups in total. The first-order chi connectivity index (χ1) is 16.2. The molecule has 33 heavy (non-hydrogen) atoms. The Bertz CT molecular complexity index is 1150. The second kappa shape index (κ2) is 9.64. The molecule has 7 nitrogen and oxygen atoms in total. The lowest BCUT2D eigenvalue weighted by molar-refractivity contribution is -0.139. The number of rotatable bonds is 6. The number of hydrogen-bond donors (Lipinski definition) is 2. The van der Waals surface area contributed by atoms with Gasteiger partial charge in [0.2, 0.25) is 6.79 Å². The number of amides is 2. The maximum atomic E-state index is 12.5. The van der Waals surface area contributed by atoms with Crippen LogP contribution in [0.5, 0.6) is 11.5 Å². The van der Waals surface area contributed by atoms with Crippen LogP contribution in [0.1, 0.15) is 28.3 Å². The van der Waals surface area contributed by atoms with Crippen molar-refractivity contribution < 1.29 is 19.1 Å². The van der Waals surface area contributed by atoms with Crippen molar-refractivity contribution in [3.8, 4) is 11.5 Å². The van der Waals surface area contributed by atoms with Crippen LogP contribution < -0.4 is 20.1 Å². The van der Waals surface area contributed by atoms with Crippen molar-refractivity contribution in [3.63, 3.8) is 0 Å². The van der Waals surface area contributed by atoms with E-state index >= 15 is 0 Å². The van der Waals surface area contributed by atoms with Gasteiger partial charge in [-0.05, 0) is 57.6 Å². The second-order valence-corrected chi connectivity index (χ2v) is 8.92. The number of nitrogens with one attached hydrogen (secondary N) is 2. The molecular weight excluding hydrogens is 438 g/mol. The minimum Gasteiger partial charge on any atom is -0.454 e. The zero-order valence-corrected chi connectivity index (χ0v) is 18.9. The van der Waals surface area contributed by atoms with E-state index in [2.05, 4.69) is 51.2 Å². The molecule has 2 aliphatic heterocycles. The summed E-state index contributed by atoms with van der Waals surface area (Å²) in [5.74, 6) is 0.0460. The van der Waals surface area contributed by atoms with Crippen LogP contribution in [0.2, 0.25) is 0 Å². The number of benzene rings is 2. The van der Waals surface area contributed by atoms with E-state index in [9.17, 15) is 9.59 Å². The summed E-state index contributed by atoms with van der Waals surface area (Å²) in [5.41, 5.74) is 4.69. The number of carbonyl (C=O) groups excluding carboxylic acids is 2. The molecule has 8 heteroatoms. The largest absolute Gasteiger partial charge is 0.454 e. The third kappa shape index (κ3) is 4.86. The van der Waals surface area contributed by atoms with Crippen LogP contribution in [-0.4, -0.2) is 36.6 Å². The van der Waals surface area contributed by atoms with Crippen LogP contribution in [-0.2, 0) is 29.1 Å². The maximum absolute atomic E-state index is 12.5. The third-order valence-corrected chi connectivity index (χ3v) is 6.78. The van der Waals surface area contributed by atoms with Gasteiger partial charge in [-0.3, -0.25) is 14.5 Å². The van der Waals surface area contributed by atoms with E-state index in [1.807, 2.05) is 11.4 Å². The summed E-state index contributed by atoms with van der Waals surface area (Å²) in [5, 5.41) is 9.67. The molecule has 3 aromatic rings. The number of hydrogen-bond acceptors (Lipinski definition) is 6. The monoisotopic (exact) mass is 463 g/mol. The Kier molecular flexibility index (Phi) is 6.28. The Morgan fingerprint density at radius 1 is 1.00 bits per heavy atom. The summed E-state index contributed by atoms with van der Waals surface area (Å²) in [4.78, 5) is 27.3. The van der Waals surface area contributed by atoms with Crippen molar-refractivity contribution in [2.45, 2.75) is 25.6 Å². The molecular formula is C25H25N3O4S. The minimum absolute atomic E-state index is 0.00946. The Labute approximate surface area is 196 Å². The molecule has 0 unspecified atom stereocenters. The van der Waals surface area contributed by atoms with Crippen molar-refractivity contribution >= 4 is 23.2 Å². The lowest BCUT2D eigenvalue weighted by Gasteiger charge is -2.35. The SMILES string of the molecule is O=C(NCc1ccc2c(c1)OCO2)C(=O)NC[C@@H](c1ccsc1)N1CCc2ccccc2C1. The van der Waals surface area contributed by atoms with Gasteiger partial charge < -0.3 is 20.1 Å². The van der Waals surface area contributed by atoms with Gasteiger partial charge in [0.25, 0.3) is 0 Å². The Morgan fingerprint density at radius 2 is 1.82 bits per heavy atom. The highest BCUT2D eigenvalue weighted by Crippen LogP contribution is 2.32. The van der Waals surface area contributed by atoms with Crippen molar-refractivity contribution in [1.82, 2.24) is 15.5 Å². The molecule has 5 rings (SSSR count). The van der Waals surface area contributed by atoms with E-state index in [0.717, 1.165) is 30.6 Å². The fraction of sp³-hybridized carbons (Fsp3) is 0.280. The number of ether oxygens (including phenoxy) is 2. The number of nitrogens with zero attached hydrogens (tertiary/aromatic N) is 1.